The number of benzene rings is 3. The molecule has 0 saturated carbocycles. The van der Waals surface area contributed by atoms with Crippen molar-refractivity contribution < 1.29 is 19.8 Å². The van der Waals surface area contributed by atoms with Crippen molar-refractivity contribution in [1.29, 1.82) is 10.5 Å². The van der Waals surface area contributed by atoms with E-state index in [1.807, 2.05) is 0 Å². The van der Waals surface area contributed by atoms with E-state index in [9.17, 15) is 20.1 Å². The zero-order valence-electron chi connectivity index (χ0n) is 16.7. The maximum Gasteiger partial charge on any atom is 0.335 e. The highest BCUT2D eigenvalue weighted by atomic mass is 16.4. The van der Waals surface area contributed by atoms with E-state index >= 15 is 0 Å². The van der Waals surface area contributed by atoms with Gasteiger partial charge in [-0.25, -0.2) is 9.59 Å². The molecule has 0 aliphatic heterocycles. The van der Waals surface area contributed by atoms with Crippen LogP contribution >= 0.6 is 0 Å². The van der Waals surface area contributed by atoms with Crippen molar-refractivity contribution in [2.45, 2.75) is 0 Å². The van der Waals surface area contributed by atoms with Crippen molar-refractivity contribution in [2.75, 3.05) is 0 Å². The molecule has 0 atom stereocenters. The Morgan fingerprint density at radius 3 is 1.09 bits per heavy atom. The average Bonchev–Trinajstić information content (AvgIpc) is 2.82. The Kier molecular flexibility index (Phi) is 6.60. The van der Waals surface area contributed by atoms with Gasteiger partial charge in [0.25, 0.3) is 0 Å². The first-order valence-corrected chi connectivity index (χ1v) is 9.42. The molecule has 6 nitrogen and oxygen atoms in total. The molecule has 0 bridgehead atoms. The number of nitrogens with zero attached hydrogens (tertiary/aromatic N) is 2. The maximum absolute atomic E-state index is 11.0. The first kappa shape index (κ1) is 21.8. The maximum atomic E-state index is 11.0. The van der Waals surface area contributed by atoms with Gasteiger partial charge in [0.15, 0.2) is 0 Å². The van der Waals surface area contributed by atoms with Crippen molar-refractivity contribution in [3.05, 3.63) is 106 Å². The molecule has 3 aromatic rings. The summed E-state index contributed by atoms with van der Waals surface area (Å²) in [6.07, 6.45) is 3.39. The molecule has 3 aromatic carbocycles. The highest BCUT2D eigenvalue weighted by molar-refractivity contribution is 5.93. The normalized spacial score (nSPS) is 11.3. The summed E-state index contributed by atoms with van der Waals surface area (Å²) in [5, 5.41) is 37.0. The van der Waals surface area contributed by atoms with Crippen LogP contribution in [0.4, 0.5) is 0 Å². The van der Waals surface area contributed by atoms with Crippen LogP contribution in [-0.2, 0) is 0 Å². The van der Waals surface area contributed by atoms with Crippen LogP contribution in [0.15, 0.2) is 72.8 Å². The van der Waals surface area contributed by atoms with Gasteiger partial charge in [-0.3, -0.25) is 0 Å². The Morgan fingerprint density at radius 2 is 0.844 bits per heavy atom. The molecule has 0 radical (unpaired) electrons. The largest absolute Gasteiger partial charge is 0.478 e. The molecule has 6 heteroatoms. The van der Waals surface area contributed by atoms with Crippen molar-refractivity contribution in [2.24, 2.45) is 0 Å². The summed E-state index contributed by atoms with van der Waals surface area (Å²) in [7, 11) is 0. The summed E-state index contributed by atoms with van der Waals surface area (Å²) >= 11 is 0. The SMILES string of the molecule is N#C/C(=C\c1ccc(/C=C(\C#N)c2ccc(C(=O)O)cc2)cc1)c1ccc(C(=O)O)cc1. The van der Waals surface area contributed by atoms with Gasteiger partial charge in [-0.1, -0.05) is 48.5 Å². The number of rotatable bonds is 6. The minimum absolute atomic E-state index is 0.146. The Morgan fingerprint density at radius 1 is 0.562 bits per heavy atom. The van der Waals surface area contributed by atoms with Crippen LogP contribution in [0, 0.1) is 22.7 Å². The lowest BCUT2D eigenvalue weighted by Crippen LogP contribution is -1.95. The molecule has 0 aliphatic rings. The van der Waals surface area contributed by atoms with Crippen LogP contribution in [0.3, 0.4) is 0 Å². The second-order valence-electron chi connectivity index (χ2n) is 6.77. The van der Waals surface area contributed by atoms with Gasteiger partial charge in [0.05, 0.1) is 34.4 Å². The number of nitriles is 2. The molecule has 32 heavy (non-hydrogen) atoms. The molecule has 0 spiro atoms. The van der Waals surface area contributed by atoms with Gasteiger partial charge in [0, 0.05) is 0 Å². The average molecular weight is 420 g/mol. The third kappa shape index (κ3) is 5.15. The summed E-state index contributed by atoms with van der Waals surface area (Å²) in [5.41, 5.74) is 3.83. The standard InChI is InChI=1S/C26H16N2O4/c27-15-23(19-5-9-21(10-6-19)25(29)30)13-17-1-2-18(4-3-17)14-24(16-28)20-7-11-22(12-8-20)26(31)32/h1-14H,(H,29,30)(H,31,32)/b23-13+,24-14+. The third-order valence-electron chi connectivity index (χ3n) is 4.69. The first-order valence-electron chi connectivity index (χ1n) is 9.42. The number of carboxylic acid groups (broad SMARTS) is 2. The first-order chi connectivity index (χ1) is 15.4. The van der Waals surface area contributed by atoms with Gasteiger partial charge in [-0.15, -0.1) is 0 Å². The monoisotopic (exact) mass is 420 g/mol. The molecular formula is C26H16N2O4. The van der Waals surface area contributed by atoms with Gasteiger partial charge >= 0.3 is 11.9 Å². The Hall–Kier alpha value is -4.94. The molecule has 0 aliphatic carbocycles. The van der Waals surface area contributed by atoms with E-state index in [0.717, 1.165) is 11.1 Å². The lowest BCUT2D eigenvalue weighted by molar-refractivity contribution is 0.0686. The second-order valence-corrected chi connectivity index (χ2v) is 6.77. The molecule has 0 aromatic heterocycles. The highest BCUT2D eigenvalue weighted by Crippen LogP contribution is 2.21. The van der Waals surface area contributed by atoms with E-state index in [4.69, 9.17) is 10.2 Å². The van der Waals surface area contributed by atoms with Crippen LogP contribution < -0.4 is 0 Å². The number of carboxylic acids is 2. The molecule has 0 heterocycles. The van der Waals surface area contributed by atoms with Gasteiger partial charge in [-0.2, -0.15) is 10.5 Å². The summed E-state index contributed by atoms with van der Waals surface area (Å²) in [6.45, 7) is 0. The van der Waals surface area contributed by atoms with Crippen LogP contribution in [0.25, 0.3) is 23.3 Å². The van der Waals surface area contributed by atoms with E-state index in [1.165, 1.54) is 24.3 Å². The molecule has 0 unspecified atom stereocenters. The molecule has 154 valence electrons. The Labute approximate surface area is 184 Å². The fraction of sp³-hybridized carbons (Fsp3) is 0. The van der Waals surface area contributed by atoms with Crippen LogP contribution in [0.2, 0.25) is 0 Å². The lowest BCUT2D eigenvalue weighted by atomic mass is 10.00. The van der Waals surface area contributed by atoms with Crippen molar-refractivity contribution in [1.82, 2.24) is 0 Å². The fourth-order valence-electron chi connectivity index (χ4n) is 2.97. The zero-order chi connectivity index (χ0) is 23.1. The van der Waals surface area contributed by atoms with Crippen molar-refractivity contribution >= 4 is 35.2 Å². The summed E-state index contributed by atoms with van der Waals surface area (Å²) < 4.78 is 0. The van der Waals surface area contributed by atoms with Crippen LogP contribution in [0.5, 0.6) is 0 Å². The smallest absolute Gasteiger partial charge is 0.335 e. The molecule has 0 amide bonds. The zero-order valence-corrected chi connectivity index (χ0v) is 16.7. The number of carbonyl (C=O) groups is 2. The van der Waals surface area contributed by atoms with Gasteiger partial charge in [0.2, 0.25) is 0 Å². The number of hydrogen-bond acceptors (Lipinski definition) is 4. The van der Waals surface area contributed by atoms with E-state index < -0.39 is 11.9 Å². The minimum atomic E-state index is -1.03. The van der Waals surface area contributed by atoms with Gasteiger partial charge < -0.3 is 10.2 Å². The molecule has 3 rings (SSSR count). The quantitative estimate of drug-likeness (QED) is 0.417. The van der Waals surface area contributed by atoms with E-state index in [2.05, 4.69) is 12.1 Å². The molecule has 0 saturated heterocycles. The minimum Gasteiger partial charge on any atom is -0.478 e. The highest BCUT2D eigenvalue weighted by Gasteiger charge is 2.07. The summed E-state index contributed by atoms with van der Waals surface area (Å²) in [5.74, 6) is -2.06. The van der Waals surface area contributed by atoms with Crippen molar-refractivity contribution in [3.63, 3.8) is 0 Å². The predicted octanol–water partition coefficient (Wildman–Crippen LogP) is 5.21. The predicted molar refractivity (Wildman–Crippen MR) is 120 cm³/mol. The van der Waals surface area contributed by atoms with E-state index in [0.29, 0.717) is 22.3 Å². The number of aromatic carboxylic acids is 2. The molecule has 2 N–H and O–H groups in total. The number of hydrogen-bond donors (Lipinski definition) is 2. The van der Waals surface area contributed by atoms with Gasteiger partial charge in [0.1, 0.15) is 0 Å². The van der Waals surface area contributed by atoms with Gasteiger partial charge in [-0.05, 0) is 58.7 Å². The third-order valence-corrected chi connectivity index (χ3v) is 4.69. The topological polar surface area (TPSA) is 122 Å². The molecular weight excluding hydrogens is 404 g/mol. The second kappa shape index (κ2) is 9.71. The van der Waals surface area contributed by atoms with Crippen molar-refractivity contribution in [3.8, 4) is 12.1 Å². The van der Waals surface area contributed by atoms with E-state index in [-0.39, 0.29) is 11.1 Å². The fourth-order valence-corrected chi connectivity index (χ4v) is 2.97. The number of allylic oxidation sites excluding steroid dienone is 2. The molecule has 0 fully saturated rings. The van der Waals surface area contributed by atoms with E-state index in [1.54, 1.807) is 60.7 Å². The Balaban J connectivity index is 1.84. The van der Waals surface area contributed by atoms with Crippen LogP contribution in [0.1, 0.15) is 43.0 Å². The lowest BCUT2D eigenvalue weighted by Gasteiger charge is -2.03. The Bertz CT molecular complexity index is 1200. The summed E-state index contributed by atoms with van der Waals surface area (Å²) in [4.78, 5) is 22.0. The van der Waals surface area contributed by atoms with Crippen LogP contribution in [-0.4, -0.2) is 22.2 Å². The summed E-state index contributed by atoms with van der Waals surface area (Å²) in [6, 6.07) is 23.6.